The first-order chi connectivity index (χ1) is 13.2. The summed E-state index contributed by atoms with van der Waals surface area (Å²) in [5.41, 5.74) is 2.45. The number of anilines is 1. The number of nitrogens with zero attached hydrogens (tertiary/aromatic N) is 2. The van der Waals surface area contributed by atoms with Crippen molar-refractivity contribution in [3.8, 4) is 6.07 Å². The number of rotatable bonds is 5. The summed E-state index contributed by atoms with van der Waals surface area (Å²) in [6.45, 7) is 0.303. The normalized spacial score (nSPS) is 9.89. The Bertz CT molecular complexity index is 1010. The SMILES string of the molecule is N#Cc1cccc(NC(=O)c2cccc(C(=O)NCc3ccccn3)c2)c1. The van der Waals surface area contributed by atoms with Crippen molar-refractivity contribution >= 4 is 17.5 Å². The van der Waals surface area contributed by atoms with Gasteiger partial charge >= 0.3 is 0 Å². The maximum atomic E-state index is 12.4. The Hall–Kier alpha value is -3.98. The molecule has 132 valence electrons. The maximum absolute atomic E-state index is 12.4. The number of amides is 2. The summed E-state index contributed by atoms with van der Waals surface area (Å²) < 4.78 is 0. The standard InChI is InChI=1S/C21H16N4O2/c22-13-15-5-3-9-18(11-15)25-21(27)17-7-4-6-16(12-17)20(26)24-14-19-8-1-2-10-23-19/h1-12H,14H2,(H,24,26)(H,25,27). The molecule has 3 aromatic rings. The first kappa shape index (κ1) is 17.8. The zero-order valence-electron chi connectivity index (χ0n) is 14.3. The highest BCUT2D eigenvalue weighted by atomic mass is 16.2. The van der Waals surface area contributed by atoms with Gasteiger partial charge in [0.2, 0.25) is 0 Å². The van der Waals surface area contributed by atoms with Gasteiger partial charge in [0.1, 0.15) is 0 Å². The molecule has 0 aliphatic rings. The fourth-order valence-electron chi connectivity index (χ4n) is 2.45. The molecule has 0 atom stereocenters. The number of hydrogen-bond acceptors (Lipinski definition) is 4. The van der Waals surface area contributed by atoms with E-state index in [1.165, 1.54) is 6.07 Å². The molecular formula is C21H16N4O2. The zero-order valence-corrected chi connectivity index (χ0v) is 14.3. The average molecular weight is 356 g/mol. The number of carbonyl (C=O) groups is 2. The van der Waals surface area contributed by atoms with Crippen LogP contribution in [0.25, 0.3) is 0 Å². The van der Waals surface area contributed by atoms with E-state index in [1.807, 2.05) is 18.2 Å². The molecule has 27 heavy (non-hydrogen) atoms. The second kappa shape index (κ2) is 8.41. The topological polar surface area (TPSA) is 94.9 Å². The van der Waals surface area contributed by atoms with Gasteiger partial charge in [-0.3, -0.25) is 14.6 Å². The van der Waals surface area contributed by atoms with Gasteiger partial charge in [-0.2, -0.15) is 5.26 Å². The Balaban J connectivity index is 1.68. The van der Waals surface area contributed by atoms with Gasteiger partial charge in [0.25, 0.3) is 11.8 Å². The number of aromatic nitrogens is 1. The quantitative estimate of drug-likeness (QED) is 0.734. The molecule has 0 saturated heterocycles. The van der Waals surface area contributed by atoms with Crippen LogP contribution in [0.15, 0.2) is 72.9 Å². The lowest BCUT2D eigenvalue weighted by Crippen LogP contribution is -2.23. The van der Waals surface area contributed by atoms with Crippen molar-refractivity contribution in [3.63, 3.8) is 0 Å². The smallest absolute Gasteiger partial charge is 0.255 e. The van der Waals surface area contributed by atoms with E-state index in [1.54, 1.807) is 54.7 Å². The molecule has 0 aliphatic carbocycles. The van der Waals surface area contributed by atoms with Crippen molar-refractivity contribution in [1.82, 2.24) is 10.3 Å². The molecule has 6 heteroatoms. The Morgan fingerprint density at radius 1 is 0.926 bits per heavy atom. The van der Waals surface area contributed by atoms with Crippen molar-refractivity contribution in [1.29, 1.82) is 5.26 Å². The lowest BCUT2D eigenvalue weighted by atomic mass is 10.1. The zero-order chi connectivity index (χ0) is 19.1. The number of nitriles is 1. The minimum atomic E-state index is -0.357. The van der Waals surface area contributed by atoms with Gasteiger partial charge < -0.3 is 10.6 Å². The Morgan fingerprint density at radius 3 is 2.44 bits per heavy atom. The second-order valence-corrected chi connectivity index (χ2v) is 5.73. The monoisotopic (exact) mass is 356 g/mol. The predicted molar refractivity (Wildman–Crippen MR) is 101 cm³/mol. The van der Waals surface area contributed by atoms with Crippen LogP contribution in [0.3, 0.4) is 0 Å². The summed E-state index contributed by atoms with van der Waals surface area (Å²) in [6.07, 6.45) is 1.66. The molecule has 0 spiro atoms. The Morgan fingerprint density at radius 2 is 1.70 bits per heavy atom. The van der Waals surface area contributed by atoms with E-state index >= 15 is 0 Å². The molecule has 1 aromatic heterocycles. The summed E-state index contributed by atoms with van der Waals surface area (Å²) in [4.78, 5) is 28.9. The van der Waals surface area contributed by atoms with Crippen molar-refractivity contribution in [2.24, 2.45) is 0 Å². The summed E-state index contributed by atoms with van der Waals surface area (Å²) in [7, 11) is 0. The lowest BCUT2D eigenvalue weighted by Gasteiger charge is -2.08. The summed E-state index contributed by atoms with van der Waals surface area (Å²) in [5.74, 6) is -0.647. The van der Waals surface area contributed by atoms with Gasteiger partial charge in [0.15, 0.2) is 0 Å². The number of carbonyl (C=O) groups excluding carboxylic acids is 2. The van der Waals surface area contributed by atoms with Crippen LogP contribution in [0.2, 0.25) is 0 Å². The van der Waals surface area contributed by atoms with Gasteiger partial charge in [0, 0.05) is 23.0 Å². The Labute approximate surface area is 156 Å². The van der Waals surface area contributed by atoms with Crippen molar-refractivity contribution in [3.05, 3.63) is 95.3 Å². The van der Waals surface area contributed by atoms with E-state index in [0.29, 0.717) is 28.9 Å². The third-order valence-corrected chi connectivity index (χ3v) is 3.79. The van der Waals surface area contributed by atoms with Gasteiger partial charge in [0.05, 0.1) is 23.9 Å². The molecule has 2 aromatic carbocycles. The second-order valence-electron chi connectivity index (χ2n) is 5.73. The first-order valence-corrected chi connectivity index (χ1v) is 8.25. The maximum Gasteiger partial charge on any atom is 0.255 e. The van der Waals surface area contributed by atoms with E-state index < -0.39 is 0 Å². The fourth-order valence-corrected chi connectivity index (χ4v) is 2.45. The molecule has 0 aliphatic heterocycles. The molecule has 0 saturated carbocycles. The highest BCUT2D eigenvalue weighted by Gasteiger charge is 2.11. The van der Waals surface area contributed by atoms with Crippen LogP contribution in [0.5, 0.6) is 0 Å². The number of benzene rings is 2. The van der Waals surface area contributed by atoms with E-state index in [2.05, 4.69) is 15.6 Å². The number of hydrogen-bond donors (Lipinski definition) is 2. The summed E-state index contributed by atoms with van der Waals surface area (Å²) >= 11 is 0. The summed E-state index contributed by atoms with van der Waals surface area (Å²) in [6, 6.07) is 20.6. The molecule has 0 bridgehead atoms. The van der Waals surface area contributed by atoms with Crippen LogP contribution in [0.1, 0.15) is 32.0 Å². The molecule has 6 nitrogen and oxygen atoms in total. The molecule has 0 fully saturated rings. The van der Waals surface area contributed by atoms with Crippen LogP contribution in [-0.2, 0) is 6.54 Å². The molecule has 2 amide bonds. The van der Waals surface area contributed by atoms with E-state index in [9.17, 15) is 9.59 Å². The minimum Gasteiger partial charge on any atom is -0.346 e. The van der Waals surface area contributed by atoms with E-state index in [-0.39, 0.29) is 11.8 Å². The predicted octanol–water partition coefficient (Wildman–Crippen LogP) is 3.14. The number of pyridine rings is 1. The molecule has 2 N–H and O–H groups in total. The average Bonchev–Trinajstić information content (AvgIpc) is 2.73. The summed E-state index contributed by atoms with van der Waals surface area (Å²) in [5, 5.41) is 14.4. The van der Waals surface area contributed by atoms with Crippen LogP contribution in [0, 0.1) is 11.3 Å². The van der Waals surface area contributed by atoms with Crippen LogP contribution in [-0.4, -0.2) is 16.8 Å². The highest BCUT2D eigenvalue weighted by molar-refractivity contribution is 6.06. The Kier molecular flexibility index (Phi) is 5.55. The molecular weight excluding hydrogens is 340 g/mol. The van der Waals surface area contributed by atoms with Gasteiger partial charge in [-0.15, -0.1) is 0 Å². The largest absolute Gasteiger partial charge is 0.346 e. The van der Waals surface area contributed by atoms with Crippen molar-refractivity contribution < 1.29 is 9.59 Å². The minimum absolute atomic E-state index is 0.290. The first-order valence-electron chi connectivity index (χ1n) is 8.25. The van der Waals surface area contributed by atoms with Crippen LogP contribution in [0.4, 0.5) is 5.69 Å². The molecule has 0 unspecified atom stereocenters. The molecule has 0 radical (unpaired) electrons. The molecule has 1 heterocycles. The van der Waals surface area contributed by atoms with Crippen molar-refractivity contribution in [2.75, 3.05) is 5.32 Å². The van der Waals surface area contributed by atoms with E-state index in [4.69, 9.17) is 5.26 Å². The molecule has 3 rings (SSSR count). The lowest BCUT2D eigenvalue weighted by molar-refractivity contribution is 0.0950. The van der Waals surface area contributed by atoms with Gasteiger partial charge in [-0.1, -0.05) is 18.2 Å². The third kappa shape index (κ3) is 4.77. The number of nitrogens with one attached hydrogen (secondary N) is 2. The van der Waals surface area contributed by atoms with Crippen LogP contribution >= 0.6 is 0 Å². The van der Waals surface area contributed by atoms with Gasteiger partial charge in [-0.25, -0.2) is 0 Å². The highest BCUT2D eigenvalue weighted by Crippen LogP contribution is 2.13. The third-order valence-electron chi connectivity index (χ3n) is 3.79. The van der Waals surface area contributed by atoms with E-state index in [0.717, 1.165) is 5.69 Å². The fraction of sp³-hybridized carbons (Fsp3) is 0.0476. The van der Waals surface area contributed by atoms with Crippen LogP contribution < -0.4 is 10.6 Å². The van der Waals surface area contributed by atoms with Crippen molar-refractivity contribution in [2.45, 2.75) is 6.54 Å². The van der Waals surface area contributed by atoms with Gasteiger partial charge in [-0.05, 0) is 48.5 Å².